The minimum Gasteiger partial charge on any atom is -0.380 e. The second-order valence-corrected chi connectivity index (χ2v) is 5.44. The van der Waals surface area contributed by atoms with Crippen molar-refractivity contribution >= 4 is 17.3 Å². The molecule has 2 rings (SSSR count). The van der Waals surface area contributed by atoms with Crippen LogP contribution in [0.4, 0.5) is 11.4 Å². The van der Waals surface area contributed by atoms with Crippen LogP contribution in [-0.4, -0.2) is 61.7 Å². The van der Waals surface area contributed by atoms with Crippen molar-refractivity contribution in [3.8, 4) is 0 Å². The Morgan fingerprint density at radius 2 is 2.09 bits per heavy atom. The molecule has 8 heteroatoms. The maximum atomic E-state index is 12.2. The molecule has 1 aliphatic rings. The normalized spacial score (nSPS) is 16.3. The SMILES string of the molecule is COC(CN)CC(=O)N1CCN(c2cccc([N+](=O)[O-])c2)CC1. The summed E-state index contributed by atoms with van der Waals surface area (Å²) in [5.74, 6) is 0.0287. The number of carbonyl (C=O) groups excluding carboxylic acids is 1. The molecule has 1 heterocycles. The van der Waals surface area contributed by atoms with Crippen LogP contribution in [0.2, 0.25) is 0 Å². The van der Waals surface area contributed by atoms with Gasteiger partial charge in [-0.25, -0.2) is 0 Å². The molecule has 2 N–H and O–H groups in total. The summed E-state index contributed by atoms with van der Waals surface area (Å²) in [6.45, 7) is 2.78. The summed E-state index contributed by atoms with van der Waals surface area (Å²) in [5, 5.41) is 10.8. The first-order valence-corrected chi connectivity index (χ1v) is 7.55. The smallest absolute Gasteiger partial charge is 0.271 e. The van der Waals surface area contributed by atoms with Crippen molar-refractivity contribution in [1.29, 1.82) is 0 Å². The number of benzene rings is 1. The summed E-state index contributed by atoms with van der Waals surface area (Å²) >= 11 is 0. The van der Waals surface area contributed by atoms with E-state index in [9.17, 15) is 14.9 Å². The van der Waals surface area contributed by atoms with Crippen LogP contribution in [0, 0.1) is 10.1 Å². The molecule has 1 atom stereocenters. The molecule has 0 saturated carbocycles. The molecular formula is C15H22N4O4. The summed E-state index contributed by atoms with van der Waals surface area (Å²) in [4.78, 5) is 26.5. The minimum absolute atomic E-state index is 0.0287. The predicted octanol–water partition coefficient (Wildman–Crippen LogP) is 0.607. The van der Waals surface area contributed by atoms with Crippen molar-refractivity contribution in [2.75, 3.05) is 44.7 Å². The predicted molar refractivity (Wildman–Crippen MR) is 86.4 cm³/mol. The van der Waals surface area contributed by atoms with E-state index in [1.165, 1.54) is 6.07 Å². The van der Waals surface area contributed by atoms with Crippen LogP contribution in [0.15, 0.2) is 24.3 Å². The average Bonchev–Trinajstić information content (AvgIpc) is 2.59. The van der Waals surface area contributed by atoms with E-state index in [1.54, 1.807) is 24.1 Å². The Kier molecular flexibility index (Phi) is 5.89. The van der Waals surface area contributed by atoms with Crippen molar-refractivity contribution in [3.63, 3.8) is 0 Å². The van der Waals surface area contributed by atoms with Gasteiger partial charge in [0.2, 0.25) is 5.91 Å². The van der Waals surface area contributed by atoms with Gasteiger partial charge in [-0.05, 0) is 6.07 Å². The van der Waals surface area contributed by atoms with Crippen molar-refractivity contribution in [3.05, 3.63) is 34.4 Å². The lowest BCUT2D eigenvalue weighted by atomic mass is 10.2. The number of ether oxygens (including phenoxy) is 1. The number of hydrogen-bond acceptors (Lipinski definition) is 6. The van der Waals surface area contributed by atoms with Crippen molar-refractivity contribution in [2.24, 2.45) is 5.73 Å². The Hall–Kier alpha value is -2.19. The molecule has 8 nitrogen and oxygen atoms in total. The molecule has 23 heavy (non-hydrogen) atoms. The first-order valence-electron chi connectivity index (χ1n) is 7.55. The first kappa shape index (κ1) is 17.2. The molecule has 1 amide bonds. The molecule has 1 unspecified atom stereocenters. The second-order valence-electron chi connectivity index (χ2n) is 5.44. The Balaban J connectivity index is 1.92. The minimum atomic E-state index is -0.402. The lowest BCUT2D eigenvalue weighted by molar-refractivity contribution is -0.384. The van der Waals surface area contributed by atoms with Crippen LogP contribution >= 0.6 is 0 Å². The Morgan fingerprint density at radius 3 is 2.65 bits per heavy atom. The molecule has 1 aliphatic heterocycles. The maximum Gasteiger partial charge on any atom is 0.271 e. The Bertz CT molecular complexity index is 554. The molecule has 0 bridgehead atoms. The fraction of sp³-hybridized carbons (Fsp3) is 0.533. The number of piperazine rings is 1. The van der Waals surface area contributed by atoms with Crippen molar-refractivity contribution in [2.45, 2.75) is 12.5 Å². The lowest BCUT2D eigenvalue weighted by Crippen LogP contribution is -2.49. The van der Waals surface area contributed by atoms with Gasteiger partial charge in [-0.15, -0.1) is 0 Å². The average molecular weight is 322 g/mol. The molecule has 0 spiro atoms. The summed E-state index contributed by atoms with van der Waals surface area (Å²) < 4.78 is 5.14. The fourth-order valence-electron chi connectivity index (χ4n) is 2.60. The van der Waals surface area contributed by atoms with Crippen LogP contribution < -0.4 is 10.6 Å². The molecule has 0 aliphatic carbocycles. The van der Waals surface area contributed by atoms with Gasteiger partial charge in [-0.1, -0.05) is 6.07 Å². The standard InChI is InChI=1S/C15H22N4O4/c1-23-14(11-16)10-15(20)18-7-5-17(6-8-18)12-3-2-4-13(9-12)19(21)22/h2-4,9,14H,5-8,10-11,16H2,1H3. The third kappa shape index (κ3) is 4.40. The van der Waals surface area contributed by atoms with Crippen LogP contribution in [0.25, 0.3) is 0 Å². The highest BCUT2D eigenvalue weighted by Gasteiger charge is 2.23. The van der Waals surface area contributed by atoms with E-state index in [-0.39, 0.29) is 24.1 Å². The van der Waals surface area contributed by atoms with Crippen LogP contribution in [0.3, 0.4) is 0 Å². The van der Waals surface area contributed by atoms with Crippen LogP contribution in [0.1, 0.15) is 6.42 Å². The number of nitro benzene ring substituents is 1. The van der Waals surface area contributed by atoms with Gasteiger partial charge in [0, 0.05) is 57.7 Å². The summed E-state index contributed by atoms with van der Waals surface area (Å²) in [7, 11) is 1.55. The number of non-ortho nitro benzene ring substituents is 1. The number of carbonyl (C=O) groups is 1. The number of nitrogens with zero attached hydrogens (tertiary/aromatic N) is 3. The van der Waals surface area contributed by atoms with Gasteiger partial charge in [0.15, 0.2) is 0 Å². The number of hydrogen-bond donors (Lipinski definition) is 1. The van der Waals surface area contributed by atoms with Crippen molar-refractivity contribution in [1.82, 2.24) is 4.90 Å². The number of rotatable bonds is 6. The summed E-state index contributed by atoms with van der Waals surface area (Å²) in [6, 6.07) is 6.56. The zero-order valence-electron chi connectivity index (χ0n) is 13.2. The number of nitrogens with two attached hydrogens (primary N) is 1. The highest BCUT2D eigenvalue weighted by molar-refractivity contribution is 5.77. The zero-order valence-corrected chi connectivity index (χ0v) is 13.2. The topological polar surface area (TPSA) is 102 Å². The van der Waals surface area contributed by atoms with Gasteiger partial charge in [0.05, 0.1) is 17.4 Å². The highest BCUT2D eigenvalue weighted by atomic mass is 16.6. The lowest BCUT2D eigenvalue weighted by Gasteiger charge is -2.36. The number of anilines is 1. The van der Waals surface area contributed by atoms with Gasteiger partial charge in [-0.2, -0.15) is 0 Å². The number of amides is 1. The van der Waals surface area contributed by atoms with Gasteiger partial charge in [0.25, 0.3) is 5.69 Å². The molecular weight excluding hydrogens is 300 g/mol. The van der Waals surface area contributed by atoms with E-state index in [0.717, 1.165) is 5.69 Å². The Morgan fingerprint density at radius 1 is 1.39 bits per heavy atom. The first-order chi connectivity index (χ1) is 11.0. The third-order valence-electron chi connectivity index (χ3n) is 4.04. The highest BCUT2D eigenvalue weighted by Crippen LogP contribution is 2.22. The van der Waals surface area contributed by atoms with E-state index >= 15 is 0 Å². The number of nitro groups is 1. The van der Waals surface area contributed by atoms with E-state index in [2.05, 4.69) is 0 Å². The van der Waals surface area contributed by atoms with Gasteiger partial charge >= 0.3 is 0 Å². The zero-order chi connectivity index (χ0) is 16.8. The molecule has 1 aromatic rings. The summed E-state index contributed by atoms with van der Waals surface area (Å²) in [6.07, 6.45) is 0.0291. The Labute approximate surface area is 134 Å². The fourth-order valence-corrected chi connectivity index (χ4v) is 2.60. The molecule has 0 aromatic heterocycles. The number of methoxy groups -OCH3 is 1. The van der Waals surface area contributed by atoms with Crippen LogP contribution in [-0.2, 0) is 9.53 Å². The van der Waals surface area contributed by atoms with E-state index < -0.39 is 4.92 Å². The van der Waals surface area contributed by atoms with Gasteiger partial charge in [-0.3, -0.25) is 14.9 Å². The van der Waals surface area contributed by atoms with Gasteiger partial charge in [0.1, 0.15) is 0 Å². The van der Waals surface area contributed by atoms with E-state index in [0.29, 0.717) is 32.7 Å². The van der Waals surface area contributed by atoms with E-state index in [1.807, 2.05) is 11.0 Å². The summed E-state index contributed by atoms with van der Waals surface area (Å²) in [5.41, 5.74) is 6.42. The molecule has 1 fully saturated rings. The van der Waals surface area contributed by atoms with Crippen LogP contribution in [0.5, 0.6) is 0 Å². The molecule has 1 aromatic carbocycles. The maximum absolute atomic E-state index is 12.2. The second kappa shape index (κ2) is 7.89. The van der Waals surface area contributed by atoms with Gasteiger partial charge < -0.3 is 20.3 Å². The molecule has 126 valence electrons. The third-order valence-corrected chi connectivity index (χ3v) is 4.04. The molecule has 0 radical (unpaired) electrons. The largest absolute Gasteiger partial charge is 0.380 e. The van der Waals surface area contributed by atoms with E-state index in [4.69, 9.17) is 10.5 Å². The monoisotopic (exact) mass is 322 g/mol. The quantitative estimate of drug-likeness (QED) is 0.608. The van der Waals surface area contributed by atoms with Crippen molar-refractivity contribution < 1.29 is 14.5 Å². The molecule has 1 saturated heterocycles.